The maximum Gasteiger partial charge on any atom is 0.283 e. The summed E-state index contributed by atoms with van der Waals surface area (Å²) in [6, 6.07) is 0.442. The minimum absolute atomic E-state index is 0.0901. The standard InChI is InChI=1S/C14H23BrN4O2/c1-16-6-5-11-4-2-3-7-18(11)12-10-17-19(8-9-20)14(21)13(12)15/h10-11,16,20H,2-9H2,1H3. The summed E-state index contributed by atoms with van der Waals surface area (Å²) in [6.45, 7) is 2.06. The molecule has 2 heterocycles. The molecule has 1 aliphatic heterocycles. The quantitative estimate of drug-likeness (QED) is 0.792. The zero-order valence-corrected chi connectivity index (χ0v) is 14.0. The van der Waals surface area contributed by atoms with E-state index in [1.54, 1.807) is 6.20 Å². The summed E-state index contributed by atoms with van der Waals surface area (Å²) in [7, 11) is 1.96. The van der Waals surface area contributed by atoms with Crippen molar-refractivity contribution in [3.63, 3.8) is 0 Å². The van der Waals surface area contributed by atoms with Crippen molar-refractivity contribution in [3.8, 4) is 0 Å². The molecule has 1 aromatic rings. The van der Waals surface area contributed by atoms with Crippen LogP contribution in [-0.2, 0) is 6.54 Å². The Morgan fingerprint density at radius 1 is 1.52 bits per heavy atom. The maximum absolute atomic E-state index is 12.2. The van der Waals surface area contributed by atoms with Crippen LogP contribution in [0.25, 0.3) is 0 Å². The minimum atomic E-state index is -0.181. The number of nitrogens with one attached hydrogen (secondary N) is 1. The molecule has 0 aromatic carbocycles. The number of aromatic nitrogens is 2. The lowest BCUT2D eigenvalue weighted by atomic mass is 9.99. The van der Waals surface area contributed by atoms with Crippen LogP contribution in [0, 0.1) is 0 Å². The summed E-state index contributed by atoms with van der Waals surface area (Å²) in [4.78, 5) is 14.5. The molecule has 1 aliphatic rings. The molecule has 2 N–H and O–H groups in total. The largest absolute Gasteiger partial charge is 0.394 e. The fraction of sp³-hybridized carbons (Fsp3) is 0.714. The van der Waals surface area contributed by atoms with Crippen molar-refractivity contribution >= 4 is 21.6 Å². The third kappa shape index (κ3) is 3.84. The summed E-state index contributed by atoms with van der Waals surface area (Å²) >= 11 is 3.42. The van der Waals surface area contributed by atoms with Gasteiger partial charge in [-0.2, -0.15) is 5.10 Å². The van der Waals surface area contributed by atoms with Crippen molar-refractivity contribution in [1.82, 2.24) is 15.1 Å². The molecule has 0 bridgehead atoms. The number of hydrogen-bond donors (Lipinski definition) is 2. The fourth-order valence-electron chi connectivity index (χ4n) is 2.84. The van der Waals surface area contributed by atoms with Crippen LogP contribution in [0.3, 0.4) is 0 Å². The second-order valence-electron chi connectivity index (χ2n) is 5.33. The van der Waals surface area contributed by atoms with E-state index in [4.69, 9.17) is 5.11 Å². The Hall–Kier alpha value is -0.920. The van der Waals surface area contributed by atoms with E-state index in [1.165, 1.54) is 11.1 Å². The molecular weight excluding hydrogens is 336 g/mol. The van der Waals surface area contributed by atoms with Gasteiger partial charge in [0.05, 0.1) is 25.0 Å². The molecule has 1 fully saturated rings. The zero-order chi connectivity index (χ0) is 15.2. The minimum Gasteiger partial charge on any atom is -0.394 e. The van der Waals surface area contributed by atoms with E-state index in [2.05, 4.69) is 31.2 Å². The van der Waals surface area contributed by atoms with Crippen LogP contribution < -0.4 is 15.8 Å². The first-order valence-electron chi connectivity index (χ1n) is 7.46. The van der Waals surface area contributed by atoms with Gasteiger partial charge in [-0.05, 0) is 55.2 Å². The van der Waals surface area contributed by atoms with Gasteiger partial charge in [0.15, 0.2) is 0 Å². The number of anilines is 1. The highest BCUT2D eigenvalue weighted by Gasteiger charge is 2.25. The van der Waals surface area contributed by atoms with E-state index in [1.807, 2.05) is 7.05 Å². The van der Waals surface area contributed by atoms with Crippen molar-refractivity contribution in [2.45, 2.75) is 38.3 Å². The Bertz CT molecular complexity index is 520. The van der Waals surface area contributed by atoms with Gasteiger partial charge < -0.3 is 15.3 Å². The summed E-state index contributed by atoms with van der Waals surface area (Å²) in [6.07, 6.45) is 6.31. The third-order valence-corrected chi connectivity index (χ3v) is 4.69. The number of piperidine rings is 1. The summed E-state index contributed by atoms with van der Waals surface area (Å²) in [5.41, 5.74) is 0.689. The van der Waals surface area contributed by atoms with Gasteiger partial charge in [0.2, 0.25) is 0 Å². The molecule has 1 unspecified atom stereocenters. The highest BCUT2D eigenvalue weighted by Crippen LogP contribution is 2.29. The lowest BCUT2D eigenvalue weighted by molar-refractivity contribution is 0.266. The Morgan fingerprint density at radius 2 is 2.33 bits per heavy atom. The highest BCUT2D eigenvalue weighted by molar-refractivity contribution is 9.10. The number of hydrogen-bond acceptors (Lipinski definition) is 5. The number of aliphatic hydroxyl groups excluding tert-OH is 1. The van der Waals surface area contributed by atoms with Gasteiger partial charge in [0, 0.05) is 12.6 Å². The van der Waals surface area contributed by atoms with Gasteiger partial charge in [-0.15, -0.1) is 0 Å². The molecule has 0 amide bonds. The summed E-state index contributed by atoms with van der Waals surface area (Å²) in [5.74, 6) is 0. The molecule has 2 rings (SSSR count). The summed E-state index contributed by atoms with van der Waals surface area (Å²) < 4.78 is 1.84. The molecule has 118 valence electrons. The predicted octanol–water partition coefficient (Wildman–Crippen LogP) is 0.966. The smallest absolute Gasteiger partial charge is 0.283 e. The van der Waals surface area contributed by atoms with Crippen LogP contribution >= 0.6 is 15.9 Å². The van der Waals surface area contributed by atoms with Crippen molar-refractivity contribution in [2.24, 2.45) is 0 Å². The molecule has 6 nitrogen and oxygen atoms in total. The van der Waals surface area contributed by atoms with E-state index in [0.717, 1.165) is 38.0 Å². The van der Waals surface area contributed by atoms with E-state index >= 15 is 0 Å². The average Bonchev–Trinajstić information content (AvgIpc) is 2.51. The van der Waals surface area contributed by atoms with Gasteiger partial charge in [0.25, 0.3) is 5.56 Å². The van der Waals surface area contributed by atoms with Gasteiger partial charge in [0.1, 0.15) is 4.47 Å². The van der Waals surface area contributed by atoms with E-state index < -0.39 is 0 Å². The van der Waals surface area contributed by atoms with Crippen molar-refractivity contribution in [1.29, 1.82) is 0 Å². The van der Waals surface area contributed by atoms with Crippen LogP contribution in [0.4, 0.5) is 5.69 Å². The SMILES string of the molecule is CNCCC1CCCCN1c1cnn(CCO)c(=O)c1Br. The zero-order valence-electron chi connectivity index (χ0n) is 12.4. The van der Waals surface area contributed by atoms with Crippen LogP contribution in [-0.4, -0.2) is 47.7 Å². The Kier molecular flexibility index (Phi) is 6.20. The number of aliphatic hydroxyl groups is 1. The van der Waals surface area contributed by atoms with Gasteiger partial charge in [-0.1, -0.05) is 0 Å². The first-order chi connectivity index (χ1) is 10.2. The predicted molar refractivity (Wildman–Crippen MR) is 86.8 cm³/mol. The molecule has 0 spiro atoms. The number of rotatable bonds is 6. The van der Waals surface area contributed by atoms with Crippen molar-refractivity contribution < 1.29 is 5.11 Å². The molecule has 1 saturated heterocycles. The normalized spacial score (nSPS) is 19.0. The monoisotopic (exact) mass is 358 g/mol. The van der Waals surface area contributed by atoms with Crippen molar-refractivity contribution in [2.75, 3.05) is 31.6 Å². The highest BCUT2D eigenvalue weighted by atomic mass is 79.9. The van der Waals surface area contributed by atoms with E-state index in [-0.39, 0.29) is 18.7 Å². The van der Waals surface area contributed by atoms with E-state index in [0.29, 0.717) is 10.5 Å². The molecular formula is C14H23BrN4O2. The van der Waals surface area contributed by atoms with Crippen LogP contribution in [0.2, 0.25) is 0 Å². The number of halogens is 1. The second kappa shape index (κ2) is 7.91. The van der Waals surface area contributed by atoms with Gasteiger partial charge in [-0.25, -0.2) is 4.68 Å². The summed E-state index contributed by atoms with van der Waals surface area (Å²) in [5, 5.41) is 16.3. The Balaban J connectivity index is 2.26. The third-order valence-electron chi connectivity index (χ3n) is 3.94. The first kappa shape index (κ1) is 16.5. The fourth-order valence-corrected chi connectivity index (χ4v) is 3.37. The topological polar surface area (TPSA) is 70.4 Å². The maximum atomic E-state index is 12.2. The Morgan fingerprint density at radius 3 is 3.05 bits per heavy atom. The van der Waals surface area contributed by atoms with E-state index in [9.17, 15) is 4.79 Å². The van der Waals surface area contributed by atoms with Crippen molar-refractivity contribution in [3.05, 3.63) is 21.0 Å². The van der Waals surface area contributed by atoms with Gasteiger partial charge in [-0.3, -0.25) is 4.79 Å². The second-order valence-corrected chi connectivity index (χ2v) is 6.12. The molecule has 7 heteroatoms. The molecule has 1 atom stereocenters. The lowest BCUT2D eigenvalue weighted by Gasteiger charge is -2.38. The van der Waals surface area contributed by atoms with Crippen LogP contribution in [0.1, 0.15) is 25.7 Å². The molecule has 0 aliphatic carbocycles. The molecule has 0 saturated carbocycles. The molecule has 0 radical (unpaired) electrons. The van der Waals surface area contributed by atoms with Gasteiger partial charge >= 0.3 is 0 Å². The lowest BCUT2D eigenvalue weighted by Crippen LogP contribution is -2.42. The molecule has 1 aromatic heterocycles. The average molecular weight is 359 g/mol. The van der Waals surface area contributed by atoms with Crippen LogP contribution in [0.15, 0.2) is 15.5 Å². The van der Waals surface area contributed by atoms with Crippen LogP contribution in [0.5, 0.6) is 0 Å². The Labute approximate surface area is 133 Å². The number of nitrogens with zero attached hydrogens (tertiary/aromatic N) is 3. The first-order valence-corrected chi connectivity index (χ1v) is 8.26. The molecule has 21 heavy (non-hydrogen) atoms.